The lowest BCUT2D eigenvalue weighted by atomic mass is 10.1. The fourth-order valence-corrected chi connectivity index (χ4v) is 1.81. The van der Waals surface area contributed by atoms with Crippen molar-refractivity contribution in [1.29, 1.82) is 0 Å². The van der Waals surface area contributed by atoms with E-state index in [0.29, 0.717) is 28.6 Å². The van der Waals surface area contributed by atoms with Crippen molar-refractivity contribution in [2.45, 2.75) is 20.3 Å². The summed E-state index contributed by atoms with van der Waals surface area (Å²) in [6, 6.07) is 4.89. The third-order valence-corrected chi connectivity index (χ3v) is 2.76. The van der Waals surface area contributed by atoms with E-state index in [1.54, 1.807) is 32.0 Å². The molecule has 0 bridgehead atoms. The van der Waals surface area contributed by atoms with Crippen LogP contribution >= 0.6 is 15.9 Å². The van der Waals surface area contributed by atoms with Crippen LogP contribution in [0, 0.1) is 0 Å². The number of esters is 1. The number of hydrogen-bond donors (Lipinski definition) is 0. The van der Waals surface area contributed by atoms with Gasteiger partial charge in [-0.05, 0) is 35.0 Å². The zero-order valence-corrected chi connectivity index (χ0v) is 10.8. The van der Waals surface area contributed by atoms with E-state index in [1.165, 1.54) is 0 Å². The lowest BCUT2D eigenvalue weighted by molar-refractivity contribution is 0.0525. The van der Waals surface area contributed by atoms with Crippen molar-refractivity contribution >= 4 is 27.7 Å². The molecule has 0 atom stereocenters. The first-order valence-corrected chi connectivity index (χ1v) is 5.89. The van der Waals surface area contributed by atoms with Gasteiger partial charge in [0, 0.05) is 16.5 Å². The number of carbonyl (C=O) groups excluding carboxylic acids is 2. The second-order valence-corrected chi connectivity index (χ2v) is 4.05. The van der Waals surface area contributed by atoms with Crippen LogP contribution < -0.4 is 0 Å². The van der Waals surface area contributed by atoms with Gasteiger partial charge in [0.1, 0.15) is 0 Å². The Morgan fingerprint density at radius 1 is 1.31 bits per heavy atom. The van der Waals surface area contributed by atoms with Crippen molar-refractivity contribution in [3.8, 4) is 0 Å². The molecular weight excluding hydrogens is 272 g/mol. The monoisotopic (exact) mass is 284 g/mol. The van der Waals surface area contributed by atoms with Crippen LogP contribution in [0.3, 0.4) is 0 Å². The van der Waals surface area contributed by atoms with Gasteiger partial charge in [-0.3, -0.25) is 4.79 Å². The summed E-state index contributed by atoms with van der Waals surface area (Å²) >= 11 is 3.26. The highest BCUT2D eigenvalue weighted by atomic mass is 79.9. The van der Waals surface area contributed by atoms with E-state index >= 15 is 0 Å². The Bertz CT molecular complexity index is 413. The molecule has 0 saturated carbocycles. The highest BCUT2D eigenvalue weighted by Gasteiger charge is 2.13. The van der Waals surface area contributed by atoms with E-state index in [-0.39, 0.29) is 11.8 Å². The molecule has 0 saturated heterocycles. The molecule has 0 N–H and O–H groups in total. The molecule has 0 fully saturated rings. The Morgan fingerprint density at radius 2 is 2.00 bits per heavy atom. The average Bonchev–Trinajstić information content (AvgIpc) is 2.28. The Hall–Kier alpha value is -1.16. The summed E-state index contributed by atoms with van der Waals surface area (Å²) < 4.78 is 5.47. The fraction of sp³-hybridized carbons (Fsp3) is 0.333. The number of benzene rings is 1. The van der Waals surface area contributed by atoms with Crippen LogP contribution in [0.15, 0.2) is 22.7 Å². The zero-order chi connectivity index (χ0) is 12.1. The Balaban J connectivity index is 3.00. The average molecular weight is 285 g/mol. The van der Waals surface area contributed by atoms with Crippen molar-refractivity contribution in [2.24, 2.45) is 0 Å². The predicted molar refractivity (Wildman–Crippen MR) is 64.7 cm³/mol. The minimum atomic E-state index is -0.384. The summed E-state index contributed by atoms with van der Waals surface area (Å²) in [5, 5.41) is 0. The second kappa shape index (κ2) is 5.80. The van der Waals surface area contributed by atoms with E-state index in [9.17, 15) is 9.59 Å². The van der Waals surface area contributed by atoms with Gasteiger partial charge in [0.15, 0.2) is 5.78 Å². The van der Waals surface area contributed by atoms with E-state index in [2.05, 4.69) is 15.9 Å². The van der Waals surface area contributed by atoms with E-state index in [4.69, 9.17) is 4.74 Å². The molecule has 3 nitrogen and oxygen atoms in total. The molecule has 0 amide bonds. The first-order valence-electron chi connectivity index (χ1n) is 5.10. The molecule has 16 heavy (non-hydrogen) atoms. The maximum Gasteiger partial charge on any atom is 0.339 e. The second-order valence-electron chi connectivity index (χ2n) is 3.19. The minimum Gasteiger partial charge on any atom is -0.462 e. The molecule has 0 radical (unpaired) electrons. The third-order valence-electron chi connectivity index (χ3n) is 2.11. The maximum absolute atomic E-state index is 11.5. The molecule has 0 heterocycles. The van der Waals surface area contributed by atoms with Crippen molar-refractivity contribution in [2.75, 3.05) is 6.61 Å². The number of rotatable bonds is 4. The number of carbonyl (C=O) groups is 2. The van der Waals surface area contributed by atoms with Gasteiger partial charge in [-0.1, -0.05) is 13.0 Å². The number of halogens is 1. The summed E-state index contributed by atoms with van der Waals surface area (Å²) in [6.45, 7) is 3.89. The molecule has 86 valence electrons. The number of ether oxygens (including phenoxy) is 1. The van der Waals surface area contributed by atoms with Crippen LogP contribution in [-0.4, -0.2) is 18.4 Å². The SMILES string of the molecule is CCOC(=O)c1ccc(C(=O)CC)cc1Br. The van der Waals surface area contributed by atoms with Gasteiger partial charge in [-0.15, -0.1) is 0 Å². The zero-order valence-electron chi connectivity index (χ0n) is 9.25. The molecule has 0 spiro atoms. The molecule has 1 aromatic carbocycles. The third kappa shape index (κ3) is 2.92. The summed E-state index contributed by atoms with van der Waals surface area (Å²) in [6.07, 6.45) is 0.450. The first-order chi connectivity index (χ1) is 7.60. The topological polar surface area (TPSA) is 43.4 Å². The number of ketones is 1. The van der Waals surface area contributed by atoms with Crippen molar-refractivity contribution in [1.82, 2.24) is 0 Å². The van der Waals surface area contributed by atoms with Gasteiger partial charge in [0.25, 0.3) is 0 Å². The lowest BCUT2D eigenvalue weighted by Crippen LogP contribution is -2.06. The summed E-state index contributed by atoms with van der Waals surface area (Å²) in [7, 11) is 0. The smallest absolute Gasteiger partial charge is 0.339 e. The molecule has 0 aliphatic heterocycles. The van der Waals surface area contributed by atoms with Crippen LogP contribution in [-0.2, 0) is 4.74 Å². The maximum atomic E-state index is 11.5. The Morgan fingerprint density at radius 3 is 2.50 bits per heavy atom. The van der Waals surface area contributed by atoms with Gasteiger partial charge < -0.3 is 4.74 Å². The van der Waals surface area contributed by atoms with Crippen LogP contribution in [0.4, 0.5) is 0 Å². The van der Waals surface area contributed by atoms with Gasteiger partial charge in [0.05, 0.1) is 12.2 Å². The standard InChI is InChI=1S/C12H13BrO3/c1-3-11(14)8-5-6-9(10(13)7-8)12(15)16-4-2/h5-7H,3-4H2,1-2H3. The van der Waals surface area contributed by atoms with E-state index in [1.807, 2.05) is 0 Å². The molecule has 0 aliphatic rings. The first kappa shape index (κ1) is 12.9. The largest absolute Gasteiger partial charge is 0.462 e. The molecule has 1 rings (SSSR count). The molecule has 0 aliphatic carbocycles. The van der Waals surface area contributed by atoms with Gasteiger partial charge in [-0.25, -0.2) is 4.79 Å². The minimum absolute atomic E-state index is 0.0520. The summed E-state index contributed by atoms with van der Waals surface area (Å²) in [5.74, 6) is -0.332. The van der Waals surface area contributed by atoms with Gasteiger partial charge >= 0.3 is 5.97 Å². The van der Waals surface area contributed by atoms with Crippen molar-refractivity contribution < 1.29 is 14.3 Å². The van der Waals surface area contributed by atoms with E-state index in [0.717, 1.165) is 0 Å². The van der Waals surface area contributed by atoms with Crippen LogP contribution in [0.1, 0.15) is 41.0 Å². The highest BCUT2D eigenvalue weighted by Crippen LogP contribution is 2.20. The fourth-order valence-electron chi connectivity index (χ4n) is 1.27. The molecule has 0 aromatic heterocycles. The lowest BCUT2D eigenvalue weighted by Gasteiger charge is -2.05. The summed E-state index contributed by atoms with van der Waals surface area (Å²) in [5.41, 5.74) is 1.04. The number of Topliss-reactive ketones (excluding diaryl/α,β-unsaturated/α-hetero) is 1. The number of hydrogen-bond acceptors (Lipinski definition) is 3. The Labute approximate surface area is 103 Å². The van der Waals surface area contributed by atoms with Crippen LogP contribution in [0.2, 0.25) is 0 Å². The molecule has 1 aromatic rings. The molecule has 4 heteroatoms. The Kier molecular flexibility index (Phi) is 4.68. The normalized spacial score (nSPS) is 9.94. The quantitative estimate of drug-likeness (QED) is 0.630. The van der Waals surface area contributed by atoms with Crippen molar-refractivity contribution in [3.05, 3.63) is 33.8 Å². The van der Waals surface area contributed by atoms with Gasteiger partial charge in [-0.2, -0.15) is 0 Å². The van der Waals surface area contributed by atoms with Gasteiger partial charge in [0.2, 0.25) is 0 Å². The van der Waals surface area contributed by atoms with Crippen LogP contribution in [0.5, 0.6) is 0 Å². The summed E-state index contributed by atoms with van der Waals surface area (Å²) in [4.78, 5) is 22.9. The molecular formula is C12H13BrO3. The van der Waals surface area contributed by atoms with Crippen molar-refractivity contribution in [3.63, 3.8) is 0 Å². The molecule has 0 unspecified atom stereocenters. The predicted octanol–water partition coefficient (Wildman–Crippen LogP) is 3.22. The van der Waals surface area contributed by atoms with Crippen LogP contribution in [0.25, 0.3) is 0 Å². The van der Waals surface area contributed by atoms with E-state index < -0.39 is 0 Å². The highest BCUT2D eigenvalue weighted by molar-refractivity contribution is 9.10.